The standard InChI is InChI=1S/C22H26N2O3/c1-15-10-11-17(13-16(15)2)21(25)24-20(14-19-9-6-12-27-19)22(26)23-18-7-4-3-5-8-18/h6,9-14,18H,3-5,7-8H2,1-2H3,(H,23,26)(H,24,25). The fourth-order valence-corrected chi connectivity index (χ4v) is 3.26. The lowest BCUT2D eigenvalue weighted by atomic mass is 9.95. The van der Waals surface area contributed by atoms with E-state index in [1.807, 2.05) is 26.0 Å². The first-order valence-electron chi connectivity index (χ1n) is 9.47. The minimum Gasteiger partial charge on any atom is -0.465 e. The topological polar surface area (TPSA) is 71.3 Å². The normalized spacial score (nSPS) is 15.4. The Balaban J connectivity index is 1.78. The Labute approximate surface area is 159 Å². The molecular weight excluding hydrogens is 340 g/mol. The van der Waals surface area contributed by atoms with Crippen LogP contribution in [-0.2, 0) is 4.79 Å². The Hall–Kier alpha value is -2.82. The number of rotatable bonds is 5. The van der Waals surface area contributed by atoms with Gasteiger partial charge in [-0.1, -0.05) is 25.3 Å². The highest BCUT2D eigenvalue weighted by molar-refractivity contribution is 6.05. The molecule has 0 atom stereocenters. The highest BCUT2D eigenvalue weighted by atomic mass is 16.3. The molecule has 0 aliphatic heterocycles. The van der Waals surface area contributed by atoms with Crippen molar-refractivity contribution in [3.8, 4) is 0 Å². The Kier molecular flexibility index (Phi) is 6.12. The van der Waals surface area contributed by atoms with Gasteiger partial charge in [0.15, 0.2) is 0 Å². The molecule has 1 aromatic carbocycles. The Morgan fingerprint density at radius 3 is 2.52 bits per heavy atom. The van der Waals surface area contributed by atoms with Gasteiger partial charge in [0, 0.05) is 17.7 Å². The van der Waals surface area contributed by atoms with Gasteiger partial charge in [0.25, 0.3) is 11.8 Å². The number of benzene rings is 1. The summed E-state index contributed by atoms with van der Waals surface area (Å²) in [6.07, 6.45) is 8.51. The molecule has 1 aromatic heterocycles. The van der Waals surface area contributed by atoms with Gasteiger partial charge in [-0.15, -0.1) is 0 Å². The molecule has 2 amide bonds. The van der Waals surface area contributed by atoms with E-state index in [0.717, 1.165) is 36.8 Å². The molecular formula is C22H26N2O3. The quantitative estimate of drug-likeness (QED) is 0.782. The smallest absolute Gasteiger partial charge is 0.268 e. The molecule has 0 unspecified atom stereocenters. The molecule has 5 nitrogen and oxygen atoms in total. The number of hydrogen-bond donors (Lipinski definition) is 2. The maximum Gasteiger partial charge on any atom is 0.268 e. The predicted octanol–water partition coefficient (Wildman–Crippen LogP) is 4.12. The van der Waals surface area contributed by atoms with Crippen LogP contribution >= 0.6 is 0 Å². The average molecular weight is 366 g/mol. The number of carbonyl (C=O) groups is 2. The second kappa shape index (κ2) is 8.71. The average Bonchev–Trinajstić information content (AvgIpc) is 3.17. The van der Waals surface area contributed by atoms with Crippen LogP contribution in [-0.4, -0.2) is 17.9 Å². The summed E-state index contributed by atoms with van der Waals surface area (Å²) in [5, 5.41) is 5.80. The molecule has 1 saturated carbocycles. The molecule has 1 heterocycles. The zero-order valence-electron chi connectivity index (χ0n) is 15.9. The summed E-state index contributed by atoms with van der Waals surface area (Å²) in [5.41, 5.74) is 2.87. The molecule has 0 spiro atoms. The predicted molar refractivity (Wildman–Crippen MR) is 105 cm³/mol. The summed E-state index contributed by atoms with van der Waals surface area (Å²) in [4.78, 5) is 25.5. The van der Waals surface area contributed by atoms with Crippen LogP contribution in [0, 0.1) is 13.8 Å². The minimum absolute atomic E-state index is 0.157. The van der Waals surface area contributed by atoms with Crippen molar-refractivity contribution in [2.45, 2.75) is 52.0 Å². The zero-order chi connectivity index (χ0) is 19.2. The third-order valence-electron chi connectivity index (χ3n) is 5.03. The molecule has 3 rings (SSSR count). The molecule has 2 aromatic rings. The molecule has 27 heavy (non-hydrogen) atoms. The lowest BCUT2D eigenvalue weighted by Crippen LogP contribution is -2.41. The van der Waals surface area contributed by atoms with Crippen molar-refractivity contribution in [3.05, 3.63) is 64.7 Å². The number of aryl methyl sites for hydroxylation is 2. The largest absolute Gasteiger partial charge is 0.465 e. The molecule has 1 fully saturated rings. The van der Waals surface area contributed by atoms with Crippen LogP contribution < -0.4 is 10.6 Å². The van der Waals surface area contributed by atoms with Crippen molar-refractivity contribution >= 4 is 17.9 Å². The number of hydrogen-bond acceptors (Lipinski definition) is 3. The van der Waals surface area contributed by atoms with Crippen LogP contribution in [0.4, 0.5) is 0 Å². The monoisotopic (exact) mass is 366 g/mol. The van der Waals surface area contributed by atoms with Gasteiger partial charge in [-0.2, -0.15) is 0 Å². The van der Waals surface area contributed by atoms with Crippen molar-refractivity contribution in [2.75, 3.05) is 0 Å². The molecule has 5 heteroatoms. The van der Waals surface area contributed by atoms with Gasteiger partial charge in [-0.3, -0.25) is 9.59 Å². The van der Waals surface area contributed by atoms with Gasteiger partial charge in [-0.05, 0) is 62.1 Å². The lowest BCUT2D eigenvalue weighted by molar-refractivity contribution is -0.118. The Morgan fingerprint density at radius 2 is 1.85 bits per heavy atom. The maximum atomic E-state index is 12.8. The molecule has 0 saturated heterocycles. The first-order chi connectivity index (χ1) is 13.0. The maximum absolute atomic E-state index is 12.8. The van der Waals surface area contributed by atoms with Crippen LogP contribution in [0.5, 0.6) is 0 Å². The molecule has 142 valence electrons. The summed E-state index contributed by atoms with van der Waals surface area (Å²) in [7, 11) is 0. The van der Waals surface area contributed by atoms with Gasteiger partial charge in [-0.25, -0.2) is 0 Å². The summed E-state index contributed by atoms with van der Waals surface area (Å²) >= 11 is 0. The summed E-state index contributed by atoms with van der Waals surface area (Å²) in [6.45, 7) is 3.96. The van der Waals surface area contributed by atoms with E-state index < -0.39 is 0 Å². The molecule has 0 bridgehead atoms. The van der Waals surface area contributed by atoms with Crippen LogP contribution in [0.25, 0.3) is 6.08 Å². The molecule has 1 aliphatic rings. The summed E-state index contributed by atoms with van der Waals surface area (Å²) in [5.74, 6) is -0.0747. The minimum atomic E-state index is -0.310. The van der Waals surface area contributed by atoms with Crippen molar-refractivity contribution in [1.82, 2.24) is 10.6 Å². The summed E-state index contributed by atoms with van der Waals surface area (Å²) in [6, 6.07) is 9.14. The summed E-state index contributed by atoms with van der Waals surface area (Å²) < 4.78 is 5.32. The van der Waals surface area contributed by atoms with E-state index in [9.17, 15) is 9.59 Å². The molecule has 0 radical (unpaired) electrons. The SMILES string of the molecule is Cc1ccc(C(=O)NC(=Cc2ccco2)C(=O)NC2CCCCC2)cc1C. The van der Waals surface area contributed by atoms with Crippen LogP contribution in [0.1, 0.15) is 59.3 Å². The highest BCUT2D eigenvalue weighted by Gasteiger charge is 2.20. The lowest BCUT2D eigenvalue weighted by Gasteiger charge is -2.23. The van der Waals surface area contributed by atoms with Gasteiger partial charge < -0.3 is 15.1 Å². The first kappa shape index (κ1) is 19.0. The van der Waals surface area contributed by atoms with Gasteiger partial charge >= 0.3 is 0 Å². The van der Waals surface area contributed by atoms with E-state index in [0.29, 0.717) is 11.3 Å². The third kappa shape index (κ3) is 5.09. The van der Waals surface area contributed by atoms with Gasteiger partial charge in [0.1, 0.15) is 11.5 Å². The van der Waals surface area contributed by atoms with E-state index in [-0.39, 0.29) is 23.6 Å². The van der Waals surface area contributed by atoms with Crippen molar-refractivity contribution in [2.24, 2.45) is 0 Å². The van der Waals surface area contributed by atoms with E-state index >= 15 is 0 Å². The van der Waals surface area contributed by atoms with E-state index in [1.165, 1.54) is 12.7 Å². The Bertz CT molecular complexity index is 831. The number of furan rings is 1. The highest BCUT2D eigenvalue weighted by Crippen LogP contribution is 2.18. The fraction of sp³-hybridized carbons (Fsp3) is 0.364. The van der Waals surface area contributed by atoms with E-state index in [1.54, 1.807) is 24.3 Å². The second-order valence-corrected chi connectivity index (χ2v) is 7.13. The van der Waals surface area contributed by atoms with Crippen LogP contribution in [0.2, 0.25) is 0 Å². The van der Waals surface area contributed by atoms with E-state index in [2.05, 4.69) is 10.6 Å². The number of nitrogens with one attached hydrogen (secondary N) is 2. The fourth-order valence-electron chi connectivity index (χ4n) is 3.26. The van der Waals surface area contributed by atoms with Crippen molar-refractivity contribution in [3.63, 3.8) is 0 Å². The molecule has 1 aliphatic carbocycles. The van der Waals surface area contributed by atoms with Gasteiger partial charge in [0.2, 0.25) is 0 Å². The third-order valence-corrected chi connectivity index (χ3v) is 5.03. The van der Waals surface area contributed by atoms with Gasteiger partial charge in [0.05, 0.1) is 6.26 Å². The zero-order valence-corrected chi connectivity index (χ0v) is 15.9. The Morgan fingerprint density at radius 1 is 1.07 bits per heavy atom. The van der Waals surface area contributed by atoms with E-state index in [4.69, 9.17) is 4.42 Å². The first-order valence-corrected chi connectivity index (χ1v) is 9.47. The number of carbonyl (C=O) groups excluding carboxylic acids is 2. The second-order valence-electron chi connectivity index (χ2n) is 7.13. The van der Waals surface area contributed by atoms with Crippen molar-refractivity contribution in [1.29, 1.82) is 0 Å². The number of amides is 2. The molecule has 2 N–H and O–H groups in total. The van der Waals surface area contributed by atoms with Crippen LogP contribution in [0.3, 0.4) is 0 Å². The van der Waals surface area contributed by atoms with Crippen molar-refractivity contribution < 1.29 is 14.0 Å². The van der Waals surface area contributed by atoms with Crippen LogP contribution in [0.15, 0.2) is 46.7 Å².